The van der Waals surface area contributed by atoms with Crippen LogP contribution in [0.4, 0.5) is 4.39 Å². The molecule has 4 aromatic rings. The fourth-order valence-corrected chi connectivity index (χ4v) is 3.20. The lowest BCUT2D eigenvalue weighted by Gasteiger charge is -2.13. The summed E-state index contributed by atoms with van der Waals surface area (Å²) in [6.45, 7) is 2.60. The average molecular weight is 383 g/mol. The molecule has 5 nitrogen and oxygen atoms in total. The lowest BCUT2D eigenvalue weighted by atomic mass is 10.1. The van der Waals surface area contributed by atoms with Crippen molar-refractivity contribution in [1.29, 1.82) is 0 Å². The standard InChI is InChI=1S/C20H16ClFN4O/c1-2-25-12-23-18-19(25)24-17(11-13-4-3-5-15(22)10-13)26(20(18)27)16-8-6-14(21)7-9-16/h3-10,12H,2,11H2,1H3. The maximum atomic E-state index is 13.6. The Balaban J connectivity index is 1.97. The molecule has 2 heterocycles. The minimum absolute atomic E-state index is 0.263. The van der Waals surface area contributed by atoms with E-state index in [4.69, 9.17) is 16.6 Å². The number of rotatable bonds is 4. The van der Waals surface area contributed by atoms with Crippen LogP contribution in [0.3, 0.4) is 0 Å². The molecule has 0 fully saturated rings. The van der Waals surface area contributed by atoms with Gasteiger partial charge in [-0.25, -0.2) is 14.4 Å². The van der Waals surface area contributed by atoms with Gasteiger partial charge in [0.1, 0.15) is 11.6 Å². The van der Waals surface area contributed by atoms with Crippen LogP contribution < -0.4 is 5.56 Å². The third-order valence-corrected chi connectivity index (χ3v) is 4.64. The maximum Gasteiger partial charge on any atom is 0.286 e. The number of aryl methyl sites for hydroxylation is 1. The average Bonchev–Trinajstić information content (AvgIpc) is 3.06. The van der Waals surface area contributed by atoms with Gasteiger partial charge in [0.25, 0.3) is 5.56 Å². The summed E-state index contributed by atoms with van der Waals surface area (Å²) in [6, 6.07) is 13.2. The van der Waals surface area contributed by atoms with Crippen molar-refractivity contribution < 1.29 is 4.39 Å². The molecule has 0 saturated carbocycles. The van der Waals surface area contributed by atoms with E-state index in [1.54, 1.807) is 36.7 Å². The fourth-order valence-electron chi connectivity index (χ4n) is 3.08. The molecule has 4 rings (SSSR count). The maximum absolute atomic E-state index is 13.6. The Morgan fingerprint density at radius 1 is 1.15 bits per heavy atom. The number of fused-ring (bicyclic) bond motifs is 1. The first-order chi connectivity index (χ1) is 13.1. The Bertz CT molecular complexity index is 1180. The molecule has 0 atom stereocenters. The number of imidazole rings is 1. The third-order valence-electron chi connectivity index (χ3n) is 4.39. The van der Waals surface area contributed by atoms with Crippen molar-refractivity contribution in [2.75, 3.05) is 0 Å². The number of nitrogens with zero attached hydrogens (tertiary/aromatic N) is 4. The molecule has 27 heavy (non-hydrogen) atoms. The molecule has 0 amide bonds. The molecule has 2 aromatic carbocycles. The number of benzene rings is 2. The van der Waals surface area contributed by atoms with Crippen LogP contribution in [-0.4, -0.2) is 19.1 Å². The van der Waals surface area contributed by atoms with Crippen molar-refractivity contribution in [3.63, 3.8) is 0 Å². The molecule has 0 saturated heterocycles. The highest BCUT2D eigenvalue weighted by atomic mass is 35.5. The van der Waals surface area contributed by atoms with Crippen molar-refractivity contribution in [3.8, 4) is 5.69 Å². The number of halogens is 2. The SMILES string of the molecule is CCn1cnc2c(=O)n(-c3ccc(Cl)cc3)c(Cc3cccc(F)c3)nc21. The monoisotopic (exact) mass is 382 g/mol. The zero-order valence-electron chi connectivity index (χ0n) is 14.6. The van der Waals surface area contributed by atoms with E-state index in [0.717, 1.165) is 5.56 Å². The van der Waals surface area contributed by atoms with Gasteiger partial charge in [-0.15, -0.1) is 0 Å². The summed E-state index contributed by atoms with van der Waals surface area (Å²) in [7, 11) is 0. The molecule has 0 aliphatic carbocycles. The predicted molar refractivity (Wildman–Crippen MR) is 103 cm³/mol. The third kappa shape index (κ3) is 3.24. The minimum Gasteiger partial charge on any atom is -0.315 e. The van der Waals surface area contributed by atoms with Gasteiger partial charge in [-0.1, -0.05) is 23.7 Å². The molecule has 0 aliphatic rings. The molecule has 0 spiro atoms. The predicted octanol–water partition coefficient (Wildman–Crippen LogP) is 3.99. The molecule has 136 valence electrons. The minimum atomic E-state index is -0.326. The molecule has 7 heteroatoms. The van der Waals surface area contributed by atoms with Crippen molar-refractivity contribution in [2.24, 2.45) is 0 Å². The fraction of sp³-hybridized carbons (Fsp3) is 0.150. The Labute approximate surface area is 159 Å². The van der Waals surface area contributed by atoms with Gasteiger partial charge in [0.2, 0.25) is 0 Å². The van der Waals surface area contributed by atoms with Crippen LogP contribution in [-0.2, 0) is 13.0 Å². The summed E-state index contributed by atoms with van der Waals surface area (Å²) in [5.74, 6) is 0.184. The van der Waals surface area contributed by atoms with Crippen LogP contribution in [0.25, 0.3) is 16.9 Å². The van der Waals surface area contributed by atoms with Crippen LogP contribution >= 0.6 is 11.6 Å². The summed E-state index contributed by atoms with van der Waals surface area (Å²) in [6.07, 6.45) is 1.91. The van der Waals surface area contributed by atoms with Crippen LogP contribution in [0.1, 0.15) is 18.3 Å². The van der Waals surface area contributed by atoms with Gasteiger partial charge in [0, 0.05) is 18.0 Å². The van der Waals surface area contributed by atoms with Gasteiger partial charge in [0.05, 0.1) is 12.0 Å². The number of aromatic nitrogens is 4. The van der Waals surface area contributed by atoms with E-state index < -0.39 is 0 Å². The van der Waals surface area contributed by atoms with E-state index in [0.29, 0.717) is 40.7 Å². The van der Waals surface area contributed by atoms with Crippen molar-refractivity contribution in [2.45, 2.75) is 19.9 Å². The smallest absolute Gasteiger partial charge is 0.286 e. The molecule has 0 unspecified atom stereocenters. The first-order valence-corrected chi connectivity index (χ1v) is 8.91. The van der Waals surface area contributed by atoms with Crippen LogP contribution in [0.15, 0.2) is 59.7 Å². The quantitative estimate of drug-likeness (QED) is 0.536. The summed E-state index contributed by atoms with van der Waals surface area (Å²) in [4.78, 5) is 22.1. The molecule has 0 aliphatic heterocycles. The topological polar surface area (TPSA) is 52.7 Å². The summed E-state index contributed by atoms with van der Waals surface area (Å²) >= 11 is 5.98. The van der Waals surface area contributed by atoms with Gasteiger partial charge in [-0.2, -0.15) is 0 Å². The Kier molecular flexibility index (Phi) is 4.49. The second-order valence-electron chi connectivity index (χ2n) is 6.15. The van der Waals surface area contributed by atoms with Gasteiger partial charge in [-0.05, 0) is 48.9 Å². The van der Waals surface area contributed by atoms with E-state index in [1.807, 2.05) is 17.6 Å². The molecular weight excluding hydrogens is 367 g/mol. The first-order valence-electron chi connectivity index (χ1n) is 8.54. The molecule has 0 bridgehead atoms. The van der Waals surface area contributed by atoms with Crippen molar-refractivity contribution >= 4 is 22.8 Å². The van der Waals surface area contributed by atoms with Crippen LogP contribution in [0.5, 0.6) is 0 Å². The van der Waals surface area contributed by atoms with Crippen molar-refractivity contribution in [3.05, 3.63) is 87.4 Å². The summed E-state index contributed by atoms with van der Waals surface area (Å²) in [5, 5.41) is 0.572. The lowest BCUT2D eigenvalue weighted by molar-refractivity contribution is 0.625. The second-order valence-corrected chi connectivity index (χ2v) is 6.59. The summed E-state index contributed by atoms with van der Waals surface area (Å²) in [5.41, 5.74) is 1.93. The van der Waals surface area contributed by atoms with E-state index in [1.165, 1.54) is 16.7 Å². The molecule has 0 radical (unpaired) electrons. The molecule has 0 N–H and O–H groups in total. The van der Waals surface area contributed by atoms with E-state index in [2.05, 4.69) is 4.98 Å². The highest BCUT2D eigenvalue weighted by Gasteiger charge is 2.17. The van der Waals surface area contributed by atoms with Crippen LogP contribution in [0, 0.1) is 5.82 Å². The lowest BCUT2D eigenvalue weighted by Crippen LogP contribution is -2.24. The van der Waals surface area contributed by atoms with Crippen molar-refractivity contribution in [1.82, 2.24) is 19.1 Å². The Morgan fingerprint density at radius 3 is 2.63 bits per heavy atom. The summed E-state index contributed by atoms with van der Waals surface area (Å²) < 4.78 is 16.9. The van der Waals surface area contributed by atoms with Crippen LogP contribution in [0.2, 0.25) is 5.02 Å². The van der Waals surface area contributed by atoms with Gasteiger partial charge in [0.15, 0.2) is 11.2 Å². The largest absolute Gasteiger partial charge is 0.315 e. The zero-order chi connectivity index (χ0) is 19.0. The Hall–Kier alpha value is -2.99. The second kappa shape index (κ2) is 6.96. The van der Waals surface area contributed by atoms with Gasteiger partial charge in [-0.3, -0.25) is 9.36 Å². The normalized spacial score (nSPS) is 11.2. The van der Waals surface area contributed by atoms with E-state index >= 15 is 0 Å². The van der Waals surface area contributed by atoms with Gasteiger partial charge >= 0.3 is 0 Å². The first kappa shape index (κ1) is 17.4. The van der Waals surface area contributed by atoms with Gasteiger partial charge < -0.3 is 4.57 Å². The van der Waals surface area contributed by atoms with E-state index in [9.17, 15) is 9.18 Å². The Morgan fingerprint density at radius 2 is 1.93 bits per heavy atom. The highest BCUT2D eigenvalue weighted by Crippen LogP contribution is 2.18. The number of hydrogen-bond donors (Lipinski definition) is 0. The number of hydrogen-bond acceptors (Lipinski definition) is 3. The zero-order valence-corrected chi connectivity index (χ0v) is 15.3. The highest BCUT2D eigenvalue weighted by molar-refractivity contribution is 6.30. The molecule has 2 aromatic heterocycles. The van der Waals surface area contributed by atoms with E-state index in [-0.39, 0.29) is 11.4 Å². The molecular formula is C20H16ClFN4O.